The van der Waals surface area contributed by atoms with Crippen molar-refractivity contribution in [3.8, 4) is 34.5 Å². The Morgan fingerprint density at radius 2 is 1.06 bits per heavy atom. The third-order valence-electron chi connectivity index (χ3n) is 15.5. The zero-order valence-corrected chi connectivity index (χ0v) is 49.6. The van der Waals surface area contributed by atoms with Gasteiger partial charge in [0.2, 0.25) is 17.7 Å². The van der Waals surface area contributed by atoms with E-state index >= 15 is 0 Å². The smallest absolute Gasteiger partial charge is 0.338 e. The third kappa shape index (κ3) is 16.3. The van der Waals surface area contributed by atoms with Crippen LogP contribution in [0.1, 0.15) is 114 Å². The van der Waals surface area contributed by atoms with Gasteiger partial charge in [-0.25, -0.2) is 14.5 Å². The van der Waals surface area contributed by atoms with E-state index in [4.69, 9.17) is 33.2 Å². The molecule has 2 bridgehead atoms. The van der Waals surface area contributed by atoms with Gasteiger partial charge in [-0.2, -0.15) is 0 Å². The van der Waals surface area contributed by atoms with E-state index in [9.17, 15) is 43.2 Å². The highest BCUT2D eigenvalue weighted by Gasteiger charge is 2.55. The Labute approximate surface area is 494 Å². The van der Waals surface area contributed by atoms with Crippen molar-refractivity contribution in [2.75, 3.05) is 0 Å². The molecule has 17 heteroatoms. The van der Waals surface area contributed by atoms with Crippen LogP contribution >= 0.6 is 0 Å². The van der Waals surface area contributed by atoms with Crippen LogP contribution < -0.4 is 28.4 Å². The molecule has 0 radical (unpaired) electrons. The molecule has 6 aromatic rings. The van der Waals surface area contributed by atoms with E-state index < -0.39 is 35.7 Å². The normalized spacial score (nSPS) is 20.1. The first-order valence-electron chi connectivity index (χ1n) is 28.6. The molecule has 1 aliphatic heterocycles. The van der Waals surface area contributed by atoms with Crippen LogP contribution in [0, 0.1) is 35.5 Å². The maximum Gasteiger partial charge on any atom is 0.338 e. The summed E-state index contributed by atoms with van der Waals surface area (Å²) in [6.07, 6.45) is 8.01. The largest absolute Gasteiger partial charge is 0.427 e. The van der Waals surface area contributed by atoms with Crippen molar-refractivity contribution >= 4 is 85.9 Å². The molecular formula is C68H73NO16. The lowest BCUT2D eigenvalue weighted by atomic mass is 9.80. The molecule has 4 fully saturated rings. The number of hydrogen-bond donors (Lipinski definition) is 0. The molecule has 3 saturated carbocycles. The third-order valence-corrected chi connectivity index (χ3v) is 15.5. The highest BCUT2D eigenvalue weighted by molar-refractivity contribution is 6.16. The number of rotatable bonds is 14. The Kier molecular flexibility index (Phi) is 21.5. The zero-order valence-electron chi connectivity index (χ0n) is 49.6. The number of likely N-dealkylation sites (tertiary alicyclic amines) is 1. The van der Waals surface area contributed by atoms with E-state index in [0.717, 1.165) is 55.0 Å². The van der Waals surface area contributed by atoms with Gasteiger partial charge in [0.25, 0.3) is 0 Å². The van der Waals surface area contributed by atoms with E-state index in [1.807, 2.05) is 49.4 Å². The number of imide groups is 3. The molecule has 1 heterocycles. The van der Waals surface area contributed by atoms with Crippen molar-refractivity contribution in [2.45, 2.75) is 126 Å². The number of carbonyl (C=O) groups is 9. The minimum absolute atomic E-state index is 0.0553. The molecule has 6 aromatic carbocycles. The number of esters is 6. The van der Waals surface area contributed by atoms with Gasteiger partial charge in [0.15, 0.2) is 11.5 Å². The molecule has 4 aliphatic rings. The second-order valence-corrected chi connectivity index (χ2v) is 21.9. The summed E-state index contributed by atoms with van der Waals surface area (Å²) >= 11 is 0. The van der Waals surface area contributed by atoms with Crippen molar-refractivity contribution in [1.82, 2.24) is 4.90 Å². The predicted octanol–water partition coefficient (Wildman–Crippen LogP) is 12.7. The molecule has 0 aromatic heterocycles. The van der Waals surface area contributed by atoms with Gasteiger partial charge >= 0.3 is 35.8 Å². The Balaban J connectivity index is 0.000000164. The molecule has 0 N–H and O–H groups in total. The summed E-state index contributed by atoms with van der Waals surface area (Å²) in [4.78, 5) is 105. The number of ether oxygens (including phenoxy) is 7. The fourth-order valence-corrected chi connectivity index (χ4v) is 11.5. The Morgan fingerprint density at radius 1 is 0.541 bits per heavy atom. The lowest BCUT2D eigenvalue weighted by Gasteiger charge is -2.33. The zero-order chi connectivity index (χ0) is 61.8. The SMILES string of the molecule is C=C(C)C(=O)Oc1ccc2ccc(OC(=O)C(=C)C)cc2c1.CC(=O)N1C(=O)C(C)C(CC(C)OC2CC3CC2C2CCCC32)C1=O.CCC(=O)Oc1cc2ccccc2cc1OC(C)=O.CCC(=O)Oc1ccc2c(OC(C)=O)cccc2c1. The van der Waals surface area contributed by atoms with E-state index in [1.54, 1.807) is 101 Å². The number of amides is 3. The van der Waals surface area contributed by atoms with Crippen LogP contribution in [0.3, 0.4) is 0 Å². The van der Waals surface area contributed by atoms with Crippen molar-refractivity contribution in [1.29, 1.82) is 0 Å². The van der Waals surface area contributed by atoms with Crippen molar-refractivity contribution < 1.29 is 76.3 Å². The number of nitrogens with zero attached hydrogens (tertiary/aromatic N) is 1. The van der Waals surface area contributed by atoms with Crippen LogP contribution in [0.4, 0.5) is 0 Å². The first-order valence-corrected chi connectivity index (χ1v) is 28.6. The van der Waals surface area contributed by atoms with Crippen LogP contribution in [0.2, 0.25) is 0 Å². The van der Waals surface area contributed by atoms with Crippen LogP contribution in [-0.2, 0) is 47.9 Å². The number of benzene rings is 6. The quantitative estimate of drug-likeness (QED) is 0.0428. The summed E-state index contributed by atoms with van der Waals surface area (Å²) in [7, 11) is 0. The summed E-state index contributed by atoms with van der Waals surface area (Å²) < 4.78 is 37.3. The highest BCUT2D eigenvalue weighted by Crippen LogP contribution is 2.59. The summed E-state index contributed by atoms with van der Waals surface area (Å²) in [5.74, 6) is 1.20. The summed E-state index contributed by atoms with van der Waals surface area (Å²) in [5, 5.41) is 5.20. The Hall–Kier alpha value is -8.83. The van der Waals surface area contributed by atoms with Crippen molar-refractivity contribution in [2.24, 2.45) is 35.5 Å². The minimum atomic E-state index is -0.482. The number of carbonyl (C=O) groups excluding carboxylic acids is 9. The van der Waals surface area contributed by atoms with E-state index in [2.05, 4.69) is 13.2 Å². The van der Waals surface area contributed by atoms with Gasteiger partial charge in [-0.05, 0) is 164 Å². The topological polar surface area (TPSA) is 221 Å². The number of fused-ring (bicyclic) bond motifs is 8. The van der Waals surface area contributed by atoms with E-state index in [1.165, 1.54) is 52.9 Å². The van der Waals surface area contributed by atoms with Crippen LogP contribution in [0.5, 0.6) is 34.5 Å². The van der Waals surface area contributed by atoms with Crippen LogP contribution in [-0.4, -0.2) is 70.6 Å². The van der Waals surface area contributed by atoms with Gasteiger partial charge < -0.3 is 33.2 Å². The van der Waals surface area contributed by atoms with Gasteiger partial charge in [0.1, 0.15) is 23.0 Å². The molecule has 8 unspecified atom stereocenters. The standard InChI is InChI=1S/C20H29NO4.C18H16O4.2C15H14O4/c1-10(7-16-11(2)19(23)21(12(3)22)20(16)24)25-18-9-13-8-17(18)15-6-4-5-14(13)15;1-11(2)17(19)21-15-7-5-13-6-8-16(10-14(13)9-15)22-18(20)12(3)4;1-3-15(17)19-12-7-8-13-11(9-12)5-4-6-14(13)18-10(2)16;1-3-15(17)19-14-9-12-7-5-4-6-11(12)8-13(14)18-10(2)16/h10-11,13-18H,4-9H2,1-3H3;5-10H,1,3H2,2,4H3;2*4-9H,3H2,1-2H3. The maximum atomic E-state index is 12.4. The van der Waals surface area contributed by atoms with Gasteiger partial charge in [-0.15, -0.1) is 0 Å². The van der Waals surface area contributed by atoms with E-state index in [0.29, 0.717) is 59.0 Å². The Morgan fingerprint density at radius 3 is 1.61 bits per heavy atom. The minimum Gasteiger partial charge on any atom is -0.427 e. The molecule has 1 saturated heterocycles. The fourth-order valence-electron chi connectivity index (χ4n) is 11.5. The molecular weight excluding hydrogens is 1090 g/mol. The van der Waals surface area contributed by atoms with Gasteiger partial charge in [-0.3, -0.25) is 33.6 Å². The summed E-state index contributed by atoms with van der Waals surface area (Å²) in [5.41, 5.74) is 0.647. The summed E-state index contributed by atoms with van der Waals surface area (Å²) in [6, 6.07) is 32.0. The monoisotopic (exact) mass is 1160 g/mol. The molecule has 3 aliphatic carbocycles. The molecule has 8 atom stereocenters. The van der Waals surface area contributed by atoms with Crippen molar-refractivity contribution in [3.63, 3.8) is 0 Å². The first kappa shape index (κ1) is 63.7. The predicted molar refractivity (Wildman–Crippen MR) is 318 cm³/mol. The molecule has 0 spiro atoms. The molecule has 3 amide bonds. The van der Waals surface area contributed by atoms with Gasteiger partial charge in [-0.1, -0.05) is 88.9 Å². The molecule has 446 valence electrons. The van der Waals surface area contributed by atoms with Gasteiger partial charge in [0.05, 0.1) is 18.1 Å². The van der Waals surface area contributed by atoms with E-state index in [-0.39, 0.29) is 53.7 Å². The maximum absolute atomic E-state index is 12.4. The lowest BCUT2D eigenvalue weighted by Crippen LogP contribution is -2.36. The fraction of sp³-hybridized carbons (Fsp3) is 0.368. The summed E-state index contributed by atoms with van der Waals surface area (Å²) in [6.45, 7) is 21.4. The molecule has 17 nitrogen and oxygen atoms in total. The average molecular weight is 1160 g/mol. The van der Waals surface area contributed by atoms with Crippen molar-refractivity contribution in [3.05, 3.63) is 133 Å². The first-order chi connectivity index (χ1) is 40.4. The van der Waals surface area contributed by atoms with Crippen LogP contribution in [0.25, 0.3) is 32.3 Å². The highest BCUT2D eigenvalue weighted by atomic mass is 16.6. The molecule has 10 rings (SSSR count). The molecule has 85 heavy (non-hydrogen) atoms. The van der Waals surface area contributed by atoms with Crippen LogP contribution in [0.15, 0.2) is 133 Å². The Bertz CT molecular complexity index is 3520. The average Bonchev–Trinajstić information content (AvgIpc) is 1.84. The number of hydrogen-bond acceptors (Lipinski definition) is 16. The second-order valence-electron chi connectivity index (χ2n) is 21.9. The lowest BCUT2D eigenvalue weighted by molar-refractivity contribution is -0.150. The second kappa shape index (κ2) is 28.6. The van der Waals surface area contributed by atoms with Gasteiger partial charge in [0, 0.05) is 56.1 Å².